The second-order valence-electron chi connectivity index (χ2n) is 8.69. The summed E-state index contributed by atoms with van der Waals surface area (Å²) in [5, 5.41) is 3.17. The summed E-state index contributed by atoms with van der Waals surface area (Å²) in [6.07, 6.45) is 2.71. The van der Waals surface area contributed by atoms with E-state index >= 15 is 0 Å². The Morgan fingerprint density at radius 1 is 1.09 bits per heavy atom. The number of anilines is 1. The monoisotopic (exact) mass is 439 g/mol. The molecule has 1 amide bonds. The first-order valence-corrected chi connectivity index (χ1v) is 11.3. The second kappa shape index (κ2) is 7.98. The molecule has 6 nitrogen and oxygen atoms in total. The molecule has 3 heterocycles. The number of amides is 1. The summed E-state index contributed by atoms with van der Waals surface area (Å²) in [7, 11) is 0. The van der Waals surface area contributed by atoms with E-state index in [-0.39, 0.29) is 18.1 Å². The average Bonchev–Trinajstić information content (AvgIpc) is 2.86. The summed E-state index contributed by atoms with van der Waals surface area (Å²) in [6.45, 7) is 1.69. The summed E-state index contributed by atoms with van der Waals surface area (Å²) in [5.74, 6) is 1.48. The van der Waals surface area contributed by atoms with Crippen molar-refractivity contribution in [3.63, 3.8) is 0 Å². The van der Waals surface area contributed by atoms with Crippen molar-refractivity contribution in [2.45, 2.75) is 25.2 Å². The van der Waals surface area contributed by atoms with Crippen LogP contribution in [0.3, 0.4) is 0 Å². The lowest BCUT2D eigenvalue weighted by molar-refractivity contribution is 0.0930. The van der Waals surface area contributed by atoms with Gasteiger partial charge >= 0.3 is 0 Å². The summed E-state index contributed by atoms with van der Waals surface area (Å²) in [6, 6.07) is 21.7. The van der Waals surface area contributed by atoms with E-state index in [4.69, 9.17) is 15.2 Å². The third-order valence-electron chi connectivity index (χ3n) is 6.58. The van der Waals surface area contributed by atoms with Crippen LogP contribution in [-0.2, 0) is 6.61 Å². The smallest absolute Gasteiger partial charge is 0.255 e. The highest BCUT2D eigenvalue weighted by Crippen LogP contribution is 2.41. The quantitative estimate of drug-likeness (QED) is 0.642. The number of nitrogens with zero attached hydrogens (tertiary/aromatic N) is 1. The van der Waals surface area contributed by atoms with Gasteiger partial charge in [-0.25, -0.2) is 0 Å². The zero-order chi connectivity index (χ0) is 22.4. The van der Waals surface area contributed by atoms with E-state index in [2.05, 4.69) is 16.3 Å². The maximum atomic E-state index is 12.9. The topological polar surface area (TPSA) is 76.8 Å². The fourth-order valence-electron chi connectivity index (χ4n) is 4.89. The number of hydrogen-bond donors (Lipinski definition) is 2. The van der Waals surface area contributed by atoms with E-state index in [1.165, 1.54) is 0 Å². The molecule has 0 radical (unpaired) electrons. The molecule has 6 rings (SSSR count). The zero-order valence-electron chi connectivity index (χ0n) is 18.2. The number of hydrogen-bond acceptors (Lipinski definition) is 5. The summed E-state index contributed by atoms with van der Waals surface area (Å²) in [4.78, 5) is 15.2. The zero-order valence-corrected chi connectivity index (χ0v) is 18.2. The number of para-hydroxylation sites is 1. The number of carbonyl (C=O) groups is 1. The van der Waals surface area contributed by atoms with Gasteiger partial charge in [0.05, 0.1) is 11.3 Å². The molecule has 166 valence electrons. The van der Waals surface area contributed by atoms with E-state index in [0.29, 0.717) is 18.8 Å². The van der Waals surface area contributed by atoms with E-state index < -0.39 is 0 Å². The Balaban J connectivity index is 1.26. The average molecular weight is 440 g/mol. The van der Waals surface area contributed by atoms with Crippen molar-refractivity contribution in [2.24, 2.45) is 5.73 Å². The van der Waals surface area contributed by atoms with Crippen LogP contribution in [0, 0.1) is 0 Å². The van der Waals surface area contributed by atoms with Gasteiger partial charge in [0.1, 0.15) is 30.9 Å². The molecule has 3 N–H and O–H groups in total. The lowest BCUT2D eigenvalue weighted by Crippen LogP contribution is -2.57. The Morgan fingerprint density at radius 2 is 1.97 bits per heavy atom. The molecular formula is C27H25N3O3. The molecule has 0 saturated heterocycles. The van der Waals surface area contributed by atoms with Gasteiger partial charge in [0, 0.05) is 29.8 Å². The standard InChI is InChI=1S/C27H25N3O3/c28-23-11-12-30-25-21(23)7-4-8-22(25)27(31)29-26(30)19-13-18-9-10-20(14-24(18)33-16-19)32-15-17-5-2-1-3-6-17/h1-10,13-14,23,26H,11-12,15-16,28H2,(H,29,31)/t23-,26+/m0/s1. The highest BCUT2D eigenvalue weighted by Gasteiger charge is 2.38. The highest BCUT2D eigenvalue weighted by molar-refractivity contribution is 6.03. The van der Waals surface area contributed by atoms with Gasteiger partial charge in [-0.3, -0.25) is 4.79 Å². The number of rotatable bonds is 4. The molecule has 3 aromatic rings. The predicted molar refractivity (Wildman–Crippen MR) is 127 cm³/mol. The SMILES string of the molecule is N[C@H]1CCN2c3c(cccc31)C(=O)N[C@H]2C1=Cc2ccc(OCc3ccccc3)cc2OC1. The minimum atomic E-state index is -0.249. The summed E-state index contributed by atoms with van der Waals surface area (Å²) in [5.41, 5.74) is 12.2. The minimum Gasteiger partial charge on any atom is -0.489 e. The number of nitrogens with one attached hydrogen (secondary N) is 1. The van der Waals surface area contributed by atoms with Crippen molar-refractivity contribution >= 4 is 17.7 Å². The Morgan fingerprint density at radius 3 is 2.85 bits per heavy atom. The fourth-order valence-corrected chi connectivity index (χ4v) is 4.89. The molecule has 0 aliphatic carbocycles. The Kier molecular flexibility index (Phi) is 4.80. The van der Waals surface area contributed by atoms with Crippen LogP contribution in [0.4, 0.5) is 5.69 Å². The van der Waals surface area contributed by atoms with Crippen LogP contribution in [0.1, 0.15) is 39.5 Å². The normalized spacial score (nSPS) is 20.7. The third-order valence-corrected chi connectivity index (χ3v) is 6.58. The van der Waals surface area contributed by atoms with Crippen LogP contribution in [-0.4, -0.2) is 25.2 Å². The van der Waals surface area contributed by atoms with Gasteiger partial charge in [-0.1, -0.05) is 42.5 Å². The maximum Gasteiger partial charge on any atom is 0.255 e. The van der Waals surface area contributed by atoms with Gasteiger partial charge in [0.2, 0.25) is 0 Å². The Bertz CT molecular complexity index is 1250. The molecule has 0 fully saturated rings. The van der Waals surface area contributed by atoms with Crippen molar-refractivity contribution in [1.29, 1.82) is 0 Å². The van der Waals surface area contributed by atoms with E-state index in [9.17, 15) is 4.79 Å². The Hall–Kier alpha value is -3.77. The lowest BCUT2D eigenvalue weighted by Gasteiger charge is -2.45. The molecule has 0 spiro atoms. The van der Waals surface area contributed by atoms with E-state index in [0.717, 1.165) is 52.4 Å². The van der Waals surface area contributed by atoms with Crippen LogP contribution < -0.4 is 25.4 Å². The van der Waals surface area contributed by atoms with Crippen molar-refractivity contribution in [3.8, 4) is 11.5 Å². The highest BCUT2D eigenvalue weighted by atomic mass is 16.5. The van der Waals surface area contributed by atoms with Gasteiger partial charge in [-0.05, 0) is 41.8 Å². The number of benzene rings is 3. The fraction of sp³-hybridized carbons (Fsp3) is 0.222. The molecule has 0 saturated carbocycles. The Labute approximate surface area is 192 Å². The molecule has 0 unspecified atom stereocenters. The van der Waals surface area contributed by atoms with Gasteiger partial charge in [-0.2, -0.15) is 0 Å². The molecule has 6 heteroatoms. The molecule has 3 aromatic carbocycles. The van der Waals surface area contributed by atoms with Crippen LogP contribution in [0.5, 0.6) is 11.5 Å². The largest absolute Gasteiger partial charge is 0.489 e. The number of carbonyl (C=O) groups excluding carboxylic acids is 1. The molecule has 3 aliphatic heterocycles. The number of fused-ring (bicyclic) bond motifs is 1. The predicted octanol–water partition coefficient (Wildman–Crippen LogP) is 4.02. The van der Waals surface area contributed by atoms with Gasteiger partial charge in [-0.15, -0.1) is 0 Å². The van der Waals surface area contributed by atoms with Crippen LogP contribution >= 0.6 is 0 Å². The molecule has 33 heavy (non-hydrogen) atoms. The summed E-state index contributed by atoms with van der Waals surface area (Å²) < 4.78 is 12.1. The molecule has 3 aliphatic rings. The number of nitrogens with two attached hydrogens (primary N) is 1. The van der Waals surface area contributed by atoms with Gasteiger partial charge < -0.3 is 25.4 Å². The lowest BCUT2D eigenvalue weighted by atomic mass is 9.90. The summed E-state index contributed by atoms with van der Waals surface area (Å²) >= 11 is 0. The van der Waals surface area contributed by atoms with Crippen LogP contribution in [0.25, 0.3) is 6.08 Å². The van der Waals surface area contributed by atoms with Crippen molar-refractivity contribution in [1.82, 2.24) is 5.32 Å². The maximum absolute atomic E-state index is 12.9. The first-order valence-electron chi connectivity index (χ1n) is 11.3. The van der Waals surface area contributed by atoms with E-state index in [1.807, 2.05) is 66.7 Å². The van der Waals surface area contributed by atoms with Crippen LogP contribution in [0.15, 0.2) is 72.3 Å². The first kappa shape index (κ1) is 19.9. The first-order chi connectivity index (χ1) is 16.2. The number of ether oxygens (including phenoxy) is 2. The van der Waals surface area contributed by atoms with Crippen molar-refractivity contribution in [2.75, 3.05) is 18.1 Å². The van der Waals surface area contributed by atoms with Crippen LogP contribution in [0.2, 0.25) is 0 Å². The molecule has 2 atom stereocenters. The minimum absolute atomic E-state index is 0.0469. The van der Waals surface area contributed by atoms with Crippen molar-refractivity contribution in [3.05, 3.63) is 94.6 Å². The van der Waals surface area contributed by atoms with Gasteiger partial charge in [0.25, 0.3) is 5.91 Å². The third kappa shape index (κ3) is 3.52. The molecule has 0 aromatic heterocycles. The second-order valence-corrected chi connectivity index (χ2v) is 8.69. The van der Waals surface area contributed by atoms with Gasteiger partial charge in [0.15, 0.2) is 0 Å². The molecular weight excluding hydrogens is 414 g/mol. The molecule has 0 bridgehead atoms. The van der Waals surface area contributed by atoms with Crippen molar-refractivity contribution < 1.29 is 14.3 Å². The van der Waals surface area contributed by atoms with E-state index in [1.54, 1.807) is 0 Å².